The van der Waals surface area contributed by atoms with Crippen molar-refractivity contribution in [2.24, 2.45) is 0 Å². The van der Waals surface area contributed by atoms with Crippen molar-refractivity contribution in [3.63, 3.8) is 0 Å². The van der Waals surface area contributed by atoms with Crippen molar-refractivity contribution in [2.75, 3.05) is 18.8 Å². The number of piperidine rings is 1. The van der Waals surface area contributed by atoms with Gasteiger partial charge in [0, 0.05) is 54.5 Å². The fourth-order valence-corrected chi connectivity index (χ4v) is 5.02. The molecule has 0 bridgehead atoms. The van der Waals surface area contributed by atoms with Crippen LogP contribution in [0.2, 0.25) is 0 Å². The number of amides is 1. The highest BCUT2D eigenvalue weighted by atomic mass is 16.3. The number of nitrogen functional groups attached to an aromatic ring is 1. The molecule has 36 heavy (non-hydrogen) atoms. The van der Waals surface area contributed by atoms with Crippen LogP contribution in [0.3, 0.4) is 0 Å². The van der Waals surface area contributed by atoms with Gasteiger partial charge in [-0.25, -0.2) is 4.98 Å². The van der Waals surface area contributed by atoms with Gasteiger partial charge in [0.05, 0.1) is 12.2 Å². The standard InChI is InChI=1S/C29H27N5O2/c1-19(35)33-12-10-24(11-13-33)34-18-23(16-32-34)26-17-31-29(30)28-25(26)15-27(36-28)22-9-5-8-21(14-22)20-6-3-2-4-7-20/h2-9,14-18,24H,10-13H2,1H3,(H2,30,31). The van der Waals surface area contributed by atoms with Crippen LogP contribution in [0.25, 0.3) is 44.5 Å². The summed E-state index contributed by atoms with van der Waals surface area (Å²) in [5.41, 5.74) is 11.9. The molecule has 2 aromatic carbocycles. The van der Waals surface area contributed by atoms with Crippen LogP contribution < -0.4 is 5.73 Å². The number of anilines is 1. The third kappa shape index (κ3) is 4.02. The van der Waals surface area contributed by atoms with Crippen LogP contribution in [0.5, 0.6) is 0 Å². The lowest BCUT2D eigenvalue weighted by Gasteiger charge is -2.31. The summed E-state index contributed by atoms with van der Waals surface area (Å²) < 4.78 is 8.26. The van der Waals surface area contributed by atoms with E-state index in [0.29, 0.717) is 11.4 Å². The molecule has 180 valence electrons. The summed E-state index contributed by atoms with van der Waals surface area (Å²) in [5, 5.41) is 5.56. The number of likely N-dealkylation sites (tertiary alicyclic amines) is 1. The number of furan rings is 1. The molecular formula is C29H27N5O2. The number of carbonyl (C=O) groups is 1. The monoisotopic (exact) mass is 477 g/mol. The van der Waals surface area contributed by atoms with E-state index >= 15 is 0 Å². The number of aromatic nitrogens is 3. The van der Waals surface area contributed by atoms with E-state index in [4.69, 9.17) is 10.2 Å². The van der Waals surface area contributed by atoms with Gasteiger partial charge in [-0.15, -0.1) is 0 Å². The number of hydrogen-bond acceptors (Lipinski definition) is 5. The zero-order chi connectivity index (χ0) is 24.6. The number of rotatable bonds is 4. The molecule has 7 nitrogen and oxygen atoms in total. The van der Waals surface area contributed by atoms with Crippen molar-refractivity contribution in [3.05, 3.63) is 79.3 Å². The number of nitrogens with two attached hydrogens (primary N) is 1. The number of hydrogen-bond donors (Lipinski definition) is 1. The first-order chi connectivity index (χ1) is 17.6. The molecule has 3 aromatic heterocycles. The Kier molecular flexibility index (Phi) is 5.52. The second-order valence-electron chi connectivity index (χ2n) is 9.30. The van der Waals surface area contributed by atoms with Crippen molar-refractivity contribution in [3.8, 4) is 33.6 Å². The minimum atomic E-state index is 0.134. The molecule has 4 heterocycles. The second-order valence-corrected chi connectivity index (χ2v) is 9.30. The smallest absolute Gasteiger partial charge is 0.219 e. The van der Waals surface area contributed by atoms with Gasteiger partial charge < -0.3 is 15.1 Å². The van der Waals surface area contributed by atoms with E-state index in [1.807, 2.05) is 52.2 Å². The highest BCUT2D eigenvalue weighted by molar-refractivity contribution is 6.00. The number of fused-ring (bicyclic) bond motifs is 1. The molecule has 2 N–H and O–H groups in total. The molecule has 0 radical (unpaired) electrons. The fraction of sp³-hybridized carbons (Fsp3) is 0.207. The first kappa shape index (κ1) is 22.1. The molecule has 6 rings (SSSR count). The molecule has 0 spiro atoms. The predicted octanol–water partition coefficient (Wildman–Crippen LogP) is 5.79. The predicted molar refractivity (Wildman–Crippen MR) is 141 cm³/mol. The van der Waals surface area contributed by atoms with E-state index in [0.717, 1.165) is 64.9 Å². The number of carbonyl (C=O) groups excluding carboxylic acids is 1. The quantitative estimate of drug-likeness (QED) is 0.354. The van der Waals surface area contributed by atoms with E-state index < -0.39 is 0 Å². The summed E-state index contributed by atoms with van der Waals surface area (Å²) in [6.45, 7) is 3.15. The normalized spacial score (nSPS) is 14.4. The largest absolute Gasteiger partial charge is 0.452 e. The Hall–Kier alpha value is -4.39. The highest BCUT2D eigenvalue weighted by Gasteiger charge is 2.23. The van der Waals surface area contributed by atoms with E-state index in [1.165, 1.54) is 0 Å². The van der Waals surface area contributed by atoms with Crippen LogP contribution in [0.1, 0.15) is 25.8 Å². The van der Waals surface area contributed by atoms with E-state index in [9.17, 15) is 4.79 Å². The lowest BCUT2D eigenvalue weighted by atomic mass is 10.0. The maximum atomic E-state index is 11.7. The number of pyridine rings is 1. The average molecular weight is 478 g/mol. The minimum absolute atomic E-state index is 0.134. The Balaban J connectivity index is 1.33. The Morgan fingerprint density at radius 1 is 0.944 bits per heavy atom. The molecular weight excluding hydrogens is 450 g/mol. The fourth-order valence-electron chi connectivity index (χ4n) is 5.02. The van der Waals surface area contributed by atoms with Gasteiger partial charge in [0.1, 0.15) is 5.76 Å². The second kappa shape index (κ2) is 9.00. The number of benzene rings is 2. The summed E-state index contributed by atoms with van der Waals surface area (Å²) in [5.74, 6) is 1.24. The summed E-state index contributed by atoms with van der Waals surface area (Å²) >= 11 is 0. The third-order valence-electron chi connectivity index (χ3n) is 7.04. The summed E-state index contributed by atoms with van der Waals surface area (Å²) in [4.78, 5) is 18.0. The highest BCUT2D eigenvalue weighted by Crippen LogP contribution is 2.37. The van der Waals surface area contributed by atoms with Crippen LogP contribution >= 0.6 is 0 Å². The lowest BCUT2D eigenvalue weighted by Crippen LogP contribution is -2.37. The van der Waals surface area contributed by atoms with Gasteiger partial charge in [0.25, 0.3) is 0 Å². The van der Waals surface area contributed by atoms with Gasteiger partial charge in [-0.05, 0) is 36.1 Å². The van der Waals surface area contributed by atoms with Crippen molar-refractivity contribution >= 4 is 22.7 Å². The molecule has 5 aromatic rings. The average Bonchev–Trinajstić information content (AvgIpc) is 3.59. The Morgan fingerprint density at radius 3 is 2.47 bits per heavy atom. The van der Waals surface area contributed by atoms with Gasteiger partial charge in [-0.2, -0.15) is 5.10 Å². The van der Waals surface area contributed by atoms with Crippen molar-refractivity contribution in [2.45, 2.75) is 25.8 Å². The molecule has 0 aliphatic carbocycles. The maximum absolute atomic E-state index is 11.7. The molecule has 1 aliphatic rings. The molecule has 1 fully saturated rings. The first-order valence-corrected chi connectivity index (χ1v) is 12.2. The van der Waals surface area contributed by atoms with E-state index in [1.54, 1.807) is 13.1 Å². The van der Waals surface area contributed by atoms with Gasteiger partial charge in [0.15, 0.2) is 11.4 Å². The minimum Gasteiger partial charge on any atom is -0.452 e. The molecule has 0 atom stereocenters. The summed E-state index contributed by atoms with van der Waals surface area (Å²) in [6.07, 6.45) is 7.50. The van der Waals surface area contributed by atoms with Crippen molar-refractivity contribution in [1.82, 2.24) is 19.7 Å². The van der Waals surface area contributed by atoms with Gasteiger partial charge >= 0.3 is 0 Å². The zero-order valence-corrected chi connectivity index (χ0v) is 20.1. The van der Waals surface area contributed by atoms with E-state index in [2.05, 4.69) is 40.5 Å². The molecule has 1 amide bonds. The molecule has 1 saturated heterocycles. The van der Waals surface area contributed by atoms with Crippen LogP contribution in [-0.4, -0.2) is 38.7 Å². The Morgan fingerprint density at radius 2 is 1.69 bits per heavy atom. The van der Waals surface area contributed by atoms with Gasteiger partial charge in [-0.3, -0.25) is 9.48 Å². The van der Waals surface area contributed by atoms with Crippen LogP contribution in [0.4, 0.5) is 5.82 Å². The Bertz CT molecular complexity index is 1540. The molecule has 1 aliphatic heterocycles. The van der Waals surface area contributed by atoms with Crippen LogP contribution in [0.15, 0.2) is 83.7 Å². The third-order valence-corrected chi connectivity index (χ3v) is 7.04. The van der Waals surface area contributed by atoms with Crippen LogP contribution in [-0.2, 0) is 4.79 Å². The van der Waals surface area contributed by atoms with Crippen molar-refractivity contribution < 1.29 is 9.21 Å². The van der Waals surface area contributed by atoms with Crippen molar-refractivity contribution in [1.29, 1.82) is 0 Å². The lowest BCUT2D eigenvalue weighted by molar-refractivity contribution is -0.130. The summed E-state index contributed by atoms with van der Waals surface area (Å²) in [6, 6.07) is 20.9. The molecule has 7 heteroatoms. The topological polar surface area (TPSA) is 90.2 Å². The molecule has 0 saturated carbocycles. The Labute approximate surface area is 209 Å². The first-order valence-electron chi connectivity index (χ1n) is 12.2. The summed E-state index contributed by atoms with van der Waals surface area (Å²) in [7, 11) is 0. The molecule has 0 unspecified atom stereocenters. The maximum Gasteiger partial charge on any atom is 0.219 e. The SMILES string of the molecule is CC(=O)N1CCC(n2cc(-c3cnc(N)c4oc(-c5cccc(-c6ccccc6)c5)cc34)cn2)CC1. The zero-order valence-electron chi connectivity index (χ0n) is 20.1. The van der Waals surface area contributed by atoms with Gasteiger partial charge in [-0.1, -0.05) is 48.5 Å². The van der Waals surface area contributed by atoms with Gasteiger partial charge in [0.2, 0.25) is 5.91 Å². The number of nitrogens with zero attached hydrogens (tertiary/aromatic N) is 4. The van der Waals surface area contributed by atoms with E-state index in [-0.39, 0.29) is 11.9 Å². The van der Waals surface area contributed by atoms with Crippen LogP contribution in [0, 0.1) is 0 Å².